The van der Waals surface area contributed by atoms with Gasteiger partial charge < -0.3 is 14.1 Å². The van der Waals surface area contributed by atoms with Gasteiger partial charge in [0.2, 0.25) is 0 Å². The molecule has 0 bridgehead atoms. The number of fused-ring (bicyclic) bond motifs is 1. The second kappa shape index (κ2) is 5.96. The predicted molar refractivity (Wildman–Crippen MR) is 87.6 cm³/mol. The van der Waals surface area contributed by atoms with E-state index in [9.17, 15) is 9.59 Å². The van der Waals surface area contributed by atoms with Gasteiger partial charge in [-0.15, -0.1) is 0 Å². The third kappa shape index (κ3) is 3.08. The maximum absolute atomic E-state index is 12.2. The smallest absolute Gasteiger partial charge is 0.414 e. The van der Waals surface area contributed by atoms with Gasteiger partial charge in [0.25, 0.3) is 0 Å². The summed E-state index contributed by atoms with van der Waals surface area (Å²) in [5.74, 6) is 0.326. The lowest BCUT2D eigenvalue weighted by Crippen LogP contribution is -2.25. The Morgan fingerprint density at radius 2 is 1.78 bits per heavy atom. The van der Waals surface area contributed by atoms with Crippen LogP contribution in [0.15, 0.2) is 63.8 Å². The monoisotopic (exact) mass is 309 g/mol. The lowest BCUT2D eigenvalue weighted by Gasteiger charge is -2.11. The molecule has 0 radical (unpaired) electrons. The molecule has 0 fully saturated rings. The number of hydrogen-bond acceptors (Lipinski definition) is 4. The zero-order valence-corrected chi connectivity index (χ0v) is 12.8. The highest BCUT2D eigenvalue weighted by Crippen LogP contribution is 2.24. The first-order valence-electron chi connectivity index (χ1n) is 7.07. The van der Waals surface area contributed by atoms with Crippen molar-refractivity contribution in [3.63, 3.8) is 0 Å². The zero-order chi connectivity index (χ0) is 16.4. The Morgan fingerprint density at radius 1 is 1.04 bits per heavy atom. The Morgan fingerprint density at radius 3 is 2.48 bits per heavy atom. The van der Waals surface area contributed by atoms with Crippen LogP contribution in [-0.4, -0.2) is 25.1 Å². The molecular formula is C18H15NO4. The first kappa shape index (κ1) is 14.8. The summed E-state index contributed by atoms with van der Waals surface area (Å²) in [7, 11) is 3.19. The molecule has 3 rings (SSSR count). The second-order valence-corrected chi connectivity index (χ2v) is 5.28. The molecule has 1 aromatic heterocycles. The summed E-state index contributed by atoms with van der Waals surface area (Å²) >= 11 is 0. The van der Waals surface area contributed by atoms with Crippen molar-refractivity contribution >= 4 is 17.1 Å². The normalized spacial score (nSPS) is 10.5. The second-order valence-electron chi connectivity index (χ2n) is 5.28. The van der Waals surface area contributed by atoms with E-state index < -0.39 is 11.7 Å². The lowest BCUT2D eigenvalue weighted by molar-refractivity contribution is 0.172. The van der Waals surface area contributed by atoms with Gasteiger partial charge in [0.05, 0.1) is 5.56 Å². The van der Waals surface area contributed by atoms with Crippen molar-refractivity contribution in [1.29, 1.82) is 0 Å². The molecule has 0 saturated heterocycles. The van der Waals surface area contributed by atoms with Crippen LogP contribution in [0, 0.1) is 0 Å². The van der Waals surface area contributed by atoms with Gasteiger partial charge in [-0.1, -0.05) is 30.3 Å². The molecule has 0 aliphatic carbocycles. The summed E-state index contributed by atoms with van der Waals surface area (Å²) in [5.41, 5.74) is 1.24. The number of nitrogens with zero attached hydrogens (tertiary/aromatic N) is 1. The van der Waals surface area contributed by atoms with Crippen molar-refractivity contribution in [3.8, 4) is 16.9 Å². The molecule has 23 heavy (non-hydrogen) atoms. The molecule has 2 aromatic carbocycles. The Labute approximate surface area is 132 Å². The Hall–Kier alpha value is -3.08. The molecule has 5 nitrogen and oxygen atoms in total. The zero-order valence-electron chi connectivity index (χ0n) is 12.8. The molecule has 0 spiro atoms. The van der Waals surface area contributed by atoms with Crippen molar-refractivity contribution in [1.82, 2.24) is 4.90 Å². The van der Waals surface area contributed by atoms with Gasteiger partial charge in [-0.2, -0.15) is 0 Å². The first-order valence-corrected chi connectivity index (χ1v) is 7.07. The Kier molecular flexibility index (Phi) is 3.85. The van der Waals surface area contributed by atoms with Gasteiger partial charge in [0.15, 0.2) is 0 Å². The van der Waals surface area contributed by atoms with E-state index in [-0.39, 0.29) is 0 Å². The molecule has 0 atom stereocenters. The predicted octanol–water partition coefficient (Wildman–Crippen LogP) is 3.52. The number of rotatable bonds is 2. The molecule has 5 heteroatoms. The van der Waals surface area contributed by atoms with Crippen LogP contribution in [-0.2, 0) is 0 Å². The van der Waals surface area contributed by atoms with Crippen LogP contribution < -0.4 is 10.4 Å². The summed E-state index contributed by atoms with van der Waals surface area (Å²) in [4.78, 5) is 25.1. The van der Waals surface area contributed by atoms with Crippen molar-refractivity contribution in [2.75, 3.05) is 14.1 Å². The van der Waals surface area contributed by atoms with Gasteiger partial charge in [-0.05, 0) is 23.8 Å². The SMILES string of the molecule is CN(C)C(=O)Oc1ccc2cc(-c3ccccc3)c(=O)oc2c1. The number of amides is 1. The van der Waals surface area contributed by atoms with Crippen LogP contribution >= 0.6 is 0 Å². The van der Waals surface area contributed by atoms with Crippen LogP contribution in [0.1, 0.15) is 0 Å². The van der Waals surface area contributed by atoms with Crippen LogP contribution in [0.3, 0.4) is 0 Å². The van der Waals surface area contributed by atoms with Crippen molar-refractivity contribution in [3.05, 3.63) is 65.0 Å². The maximum Gasteiger partial charge on any atom is 0.414 e. The Balaban J connectivity index is 2.03. The highest BCUT2D eigenvalue weighted by atomic mass is 16.6. The minimum absolute atomic E-state index is 0.326. The summed E-state index contributed by atoms with van der Waals surface area (Å²) in [6.07, 6.45) is -0.493. The number of ether oxygens (including phenoxy) is 1. The molecule has 116 valence electrons. The molecular weight excluding hydrogens is 294 g/mol. The van der Waals surface area contributed by atoms with E-state index in [1.807, 2.05) is 30.3 Å². The van der Waals surface area contributed by atoms with E-state index in [1.165, 1.54) is 11.0 Å². The van der Waals surface area contributed by atoms with Gasteiger partial charge in [-0.25, -0.2) is 9.59 Å². The van der Waals surface area contributed by atoms with Gasteiger partial charge in [0.1, 0.15) is 11.3 Å². The van der Waals surface area contributed by atoms with Crippen LogP contribution in [0.2, 0.25) is 0 Å². The topological polar surface area (TPSA) is 59.8 Å². The van der Waals surface area contributed by atoms with Gasteiger partial charge in [-0.3, -0.25) is 0 Å². The third-order valence-corrected chi connectivity index (χ3v) is 3.36. The fourth-order valence-corrected chi connectivity index (χ4v) is 2.17. The maximum atomic E-state index is 12.2. The lowest BCUT2D eigenvalue weighted by atomic mass is 10.1. The minimum atomic E-state index is -0.493. The Bertz CT molecular complexity index is 913. The number of carbonyl (C=O) groups excluding carboxylic acids is 1. The number of benzene rings is 2. The summed E-state index contributed by atoms with van der Waals surface area (Å²) in [6.45, 7) is 0. The van der Waals surface area contributed by atoms with Crippen molar-refractivity contribution in [2.45, 2.75) is 0 Å². The molecule has 0 aliphatic rings. The fraction of sp³-hybridized carbons (Fsp3) is 0.111. The molecule has 3 aromatic rings. The van der Waals surface area contributed by atoms with E-state index in [4.69, 9.17) is 9.15 Å². The number of carbonyl (C=O) groups is 1. The highest BCUT2D eigenvalue weighted by Gasteiger charge is 2.11. The molecule has 0 aliphatic heterocycles. The van der Waals surface area contributed by atoms with Gasteiger partial charge in [0, 0.05) is 25.5 Å². The van der Waals surface area contributed by atoms with Crippen LogP contribution in [0.25, 0.3) is 22.1 Å². The van der Waals surface area contributed by atoms with Crippen molar-refractivity contribution in [2.24, 2.45) is 0 Å². The minimum Gasteiger partial charge on any atom is -0.422 e. The fourth-order valence-electron chi connectivity index (χ4n) is 2.17. The molecule has 1 heterocycles. The molecule has 0 saturated carbocycles. The average molecular weight is 309 g/mol. The molecule has 0 N–H and O–H groups in total. The largest absolute Gasteiger partial charge is 0.422 e. The van der Waals surface area contributed by atoms with E-state index in [0.717, 1.165) is 10.9 Å². The van der Waals surface area contributed by atoms with Crippen LogP contribution in [0.4, 0.5) is 4.79 Å². The van der Waals surface area contributed by atoms with Crippen molar-refractivity contribution < 1.29 is 13.9 Å². The van der Waals surface area contributed by atoms with Gasteiger partial charge >= 0.3 is 11.7 Å². The quantitative estimate of drug-likeness (QED) is 0.680. The van der Waals surface area contributed by atoms with Crippen LogP contribution in [0.5, 0.6) is 5.75 Å². The summed E-state index contributed by atoms with van der Waals surface area (Å²) in [6, 6.07) is 16.0. The van der Waals surface area contributed by atoms with E-state index >= 15 is 0 Å². The summed E-state index contributed by atoms with van der Waals surface area (Å²) in [5, 5.41) is 0.758. The molecule has 1 amide bonds. The van der Waals surface area contributed by atoms with E-state index in [0.29, 0.717) is 16.9 Å². The standard InChI is InChI=1S/C18H15NO4/c1-19(2)18(21)22-14-9-8-13-10-15(12-6-4-3-5-7-12)17(20)23-16(13)11-14/h3-11H,1-2H3. The third-order valence-electron chi connectivity index (χ3n) is 3.36. The first-order chi connectivity index (χ1) is 11.0. The molecule has 0 unspecified atom stereocenters. The van der Waals surface area contributed by atoms with E-state index in [1.54, 1.807) is 32.3 Å². The summed E-state index contributed by atoms with van der Waals surface area (Å²) < 4.78 is 10.5. The van der Waals surface area contributed by atoms with E-state index in [2.05, 4.69) is 0 Å². The number of hydrogen-bond donors (Lipinski definition) is 0. The highest BCUT2D eigenvalue weighted by molar-refractivity contribution is 5.83. The average Bonchev–Trinajstić information content (AvgIpc) is 2.54.